The maximum absolute atomic E-state index is 13.1. The first kappa shape index (κ1) is 16.6. The fourth-order valence-corrected chi connectivity index (χ4v) is 2.74. The van der Waals surface area contributed by atoms with Gasteiger partial charge < -0.3 is 5.11 Å². The fraction of sp³-hybridized carbons (Fsp3) is 0.462. The summed E-state index contributed by atoms with van der Waals surface area (Å²) in [4.78, 5) is -0.120. The van der Waals surface area contributed by atoms with Crippen molar-refractivity contribution < 1.29 is 17.9 Å². The van der Waals surface area contributed by atoms with Crippen LogP contribution in [0.1, 0.15) is 31.2 Å². The molecule has 1 rings (SSSR count). The van der Waals surface area contributed by atoms with Gasteiger partial charge in [-0.15, -0.1) is 0 Å². The lowest BCUT2D eigenvalue weighted by Crippen LogP contribution is -2.25. The number of nitriles is 1. The molecule has 20 heavy (non-hydrogen) atoms. The summed E-state index contributed by atoms with van der Waals surface area (Å²) >= 11 is 0. The van der Waals surface area contributed by atoms with Crippen LogP contribution in [0, 0.1) is 17.1 Å². The van der Waals surface area contributed by atoms with Crippen molar-refractivity contribution in [3.63, 3.8) is 0 Å². The molecule has 0 unspecified atom stereocenters. The maximum atomic E-state index is 13.1. The number of rotatable bonds is 8. The van der Waals surface area contributed by atoms with Gasteiger partial charge in [-0.1, -0.05) is 12.8 Å². The topological polar surface area (TPSA) is 90.2 Å². The van der Waals surface area contributed by atoms with E-state index in [2.05, 4.69) is 4.72 Å². The fourth-order valence-electron chi connectivity index (χ4n) is 1.64. The minimum absolute atomic E-state index is 0.120. The van der Waals surface area contributed by atoms with Crippen LogP contribution in [0.2, 0.25) is 0 Å². The van der Waals surface area contributed by atoms with Gasteiger partial charge in [0.1, 0.15) is 11.9 Å². The van der Waals surface area contributed by atoms with Crippen LogP contribution in [0.15, 0.2) is 23.1 Å². The van der Waals surface area contributed by atoms with Crippen molar-refractivity contribution in [1.82, 2.24) is 4.72 Å². The standard InChI is InChI=1S/C13H17FN2O3S/c14-13-6-5-12(9-11(13)10-15)20(18,19)16-7-3-1-2-4-8-17/h5-6,9,16-17H,1-4,7-8H2. The quantitative estimate of drug-likeness (QED) is 0.712. The summed E-state index contributed by atoms with van der Waals surface area (Å²) in [5, 5.41) is 17.3. The molecule has 0 aliphatic heterocycles. The summed E-state index contributed by atoms with van der Waals surface area (Å²) in [5.41, 5.74) is -0.296. The second-order valence-corrected chi connectivity index (χ2v) is 6.06. The van der Waals surface area contributed by atoms with Gasteiger partial charge in [0, 0.05) is 13.2 Å². The third-order valence-electron chi connectivity index (χ3n) is 2.75. The molecule has 0 atom stereocenters. The molecule has 0 fully saturated rings. The molecule has 7 heteroatoms. The second-order valence-electron chi connectivity index (χ2n) is 4.29. The normalized spacial score (nSPS) is 11.2. The van der Waals surface area contributed by atoms with Crippen molar-refractivity contribution in [2.24, 2.45) is 0 Å². The Hall–Kier alpha value is -1.49. The average Bonchev–Trinajstić information content (AvgIpc) is 2.43. The Morgan fingerprint density at radius 1 is 1.25 bits per heavy atom. The third-order valence-corrected chi connectivity index (χ3v) is 4.20. The van der Waals surface area contributed by atoms with Gasteiger partial charge in [0.25, 0.3) is 0 Å². The lowest BCUT2D eigenvalue weighted by Gasteiger charge is -2.07. The molecule has 0 heterocycles. The second kappa shape index (κ2) is 7.94. The van der Waals surface area contributed by atoms with Crippen LogP contribution in [0.25, 0.3) is 0 Å². The minimum Gasteiger partial charge on any atom is -0.396 e. The van der Waals surface area contributed by atoms with E-state index < -0.39 is 15.8 Å². The first-order valence-electron chi connectivity index (χ1n) is 6.31. The SMILES string of the molecule is N#Cc1cc(S(=O)(=O)NCCCCCCO)ccc1F. The summed E-state index contributed by atoms with van der Waals surface area (Å²) in [7, 11) is -3.72. The first-order valence-corrected chi connectivity index (χ1v) is 7.80. The predicted octanol–water partition coefficient (Wildman–Crippen LogP) is 1.53. The van der Waals surface area contributed by atoms with Crippen LogP contribution in [-0.4, -0.2) is 26.7 Å². The van der Waals surface area contributed by atoms with Gasteiger partial charge in [-0.25, -0.2) is 17.5 Å². The van der Waals surface area contributed by atoms with Crippen molar-refractivity contribution in [1.29, 1.82) is 5.26 Å². The molecule has 110 valence electrons. The van der Waals surface area contributed by atoms with Crippen molar-refractivity contribution in [3.8, 4) is 6.07 Å². The predicted molar refractivity (Wildman–Crippen MR) is 71.9 cm³/mol. The van der Waals surface area contributed by atoms with Crippen LogP contribution in [-0.2, 0) is 10.0 Å². The summed E-state index contributed by atoms with van der Waals surface area (Å²) < 4.78 is 39.4. The zero-order valence-electron chi connectivity index (χ0n) is 11.0. The highest BCUT2D eigenvalue weighted by molar-refractivity contribution is 7.89. The third kappa shape index (κ3) is 4.89. The molecule has 0 aliphatic carbocycles. The number of aliphatic hydroxyl groups excluding tert-OH is 1. The Bertz CT molecular complexity index is 582. The summed E-state index contributed by atoms with van der Waals surface area (Å²) in [6.07, 6.45) is 3.02. The smallest absolute Gasteiger partial charge is 0.240 e. The van der Waals surface area contributed by atoms with Crippen molar-refractivity contribution in [2.45, 2.75) is 30.6 Å². The Morgan fingerprint density at radius 2 is 1.95 bits per heavy atom. The number of benzene rings is 1. The lowest BCUT2D eigenvalue weighted by atomic mass is 10.2. The molecule has 2 N–H and O–H groups in total. The van der Waals surface area contributed by atoms with E-state index in [1.165, 1.54) is 0 Å². The van der Waals surface area contributed by atoms with E-state index in [-0.39, 0.29) is 23.6 Å². The lowest BCUT2D eigenvalue weighted by molar-refractivity contribution is 0.282. The molecule has 0 saturated heterocycles. The number of aliphatic hydroxyl groups is 1. The number of halogens is 1. The number of nitrogens with zero attached hydrogens (tertiary/aromatic N) is 1. The number of nitrogens with one attached hydrogen (secondary N) is 1. The highest BCUT2D eigenvalue weighted by atomic mass is 32.2. The summed E-state index contributed by atoms with van der Waals surface area (Å²) in [6, 6.07) is 4.72. The van der Waals surface area contributed by atoms with E-state index in [1.807, 2.05) is 0 Å². The molecular formula is C13H17FN2O3S. The summed E-state index contributed by atoms with van der Waals surface area (Å²) in [5.74, 6) is -0.740. The van der Waals surface area contributed by atoms with E-state index >= 15 is 0 Å². The maximum Gasteiger partial charge on any atom is 0.240 e. The number of hydrogen-bond donors (Lipinski definition) is 2. The van der Waals surface area contributed by atoms with Crippen molar-refractivity contribution in [3.05, 3.63) is 29.6 Å². The molecule has 0 aliphatic rings. The first-order chi connectivity index (χ1) is 9.51. The van der Waals surface area contributed by atoms with Gasteiger partial charge in [0.2, 0.25) is 10.0 Å². The van der Waals surface area contributed by atoms with Crippen LogP contribution in [0.4, 0.5) is 4.39 Å². The van der Waals surface area contributed by atoms with E-state index in [9.17, 15) is 12.8 Å². The van der Waals surface area contributed by atoms with E-state index in [0.29, 0.717) is 12.8 Å². The molecule has 0 aromatic heterocycles. The van der Waals surface area contributed by atoms with Crippen LogP contribution >= 0.6 is 0 Å². The highest BCUT2D eigenvalue weighted by Gasteiger charge is 2.15. The van der Waals surface area contributed by atoms with Crippen molar-refractivity contribution >= 4 is 10.0 Å². The Morgan fingerprint density at radius 3 is 2.60 bits per heavy atom. The number of unbranched alkanes of at least 4 members (excludes halogenated alkanes) is 3. The molecule has 5 nitrogen and oxygen atoms in total. The number of sulfonamides is 1. The number of hydrogen-bond acceptors (Lipinski definition) is 4. The zero-order chi connectivity index (χ0) is 15.0. The monoisotopic (exact) mass is 300 g/mol. The average molecular weight is 300 g/mol. The summed E-state index contributed by atoms with van der Waals surface area (Å²) in [6.45, 7) is 0.408. The van der Waals surface area contributed by atoms with Gasteiger partial charge >= 0.3 is 0 Å². The zero-order valence-corrected chi connectivity index (χ0v) is 11.8. The molecule has 0 bridgehead atoms. The van der Waals surface area contributed by atoms with E-state index in [4.69, 9.17) is 10.4 Å². The Kier molecular flexibility index (Phi) is 6.58. The van der Waals surface area contributed by atoms with Crippen LogP contribution < -0.4 is 4.72 Å². The minimum atomic E-state index is -3.72. The van der Waals surface area contributed by atoms with E-state index in [1.54, 1.807) is 6.07 Å². The van der Waals surface area contributed by atoms with Gasteiger partial charge in [0.15, 0.2) is 0 Å². The van der Waals surface area contributed by atoms with Crippen molar-refractivity contribution in [2.75, 3.05) is 13.2 Å². The molecule has 0 spiro atoms. The Balaban J connectivity index is 2.59. The van der Waals surface area contributed by atoms with Gasteiger partial charge in [0.05, 0.1) is 10.5 Å². The van der Waals surface area contributed by atoms with Crippen LogP contribution in [0.3, 0.4) is 0 Å². The van der Waals surface area contributed by atoms with Crippen LogP contribution in [0.5, 0.6) is 0 Å². The molecule has 0 amide bonds. The molecule has 1 aromatic rings. The molecule has 0 saturated carbocycles. The highest BCUT2D eigenvalue weighted by Crippen LogP contribution is 2.14. The molecule has 1 aromatic carbocycles. The van der Waals surface area contributed by atoms with E-state index in [0.717, 1.165) is 31.0 Å². The Labute approximate surface area is 118 Å². The largest absolute Gasteiger partial charge is 0.396 e. The van der Waals surface area contributed by atoms with Gasteiger partial charge in [-0.05, 0) is 31.0 Å². The van der Waals surface area contributed by atoms with Gasteiger partial charge in [-0.2, -0.15) is 5.26 Å². The molecular weight excluding hydrogens is 283 g/mol. The molecule has 0 radical (unpaired) electrons. The van der Waals surface area contributed by atoms with Gasteiger partial charge in [-0.3, -0.25) is 0 Å².